The first-order chi connectivity index (χ1) is 11.0. The van der Waals surface area contributed by atoms with Crippen LogP contribution < -0.4 is 10.6 Å². The highest BCUT2D eigenvalue weighted by atomic mass is 16.2. The Morgan fingerprint density at radius 3 is 2.65 bits per heavy atom. The molecular formula is C17H22N4O2. The second kappa shape index (κ2) is 7.58. The predicted molar refractivity (Wildman–Crippen MR) is 89.4 cm³/mol. The van der Waals surface area contributed by atoms with Crippen molar-refractivity contribution >= 4 is 17.6 Å². The van der Waals surface area contributed by atoms with E-state index in [-0.39, 0.29) is 30.8 Å². The lowest BCUT2D eigenvalue weighted by Crippen LogP contribution is -2.28. The van der Waals surface area contributed by atoms with E-state index < -0.39 is 0 Å². The number of aryl methyl sites for hydroxylation is 1. The Bertz CT molecular complexity index is 691. The number of nitrogens with one attached hydrogen (secondary N) is 2. The highest BCUT2D eigenvalue weighted by Crippen LogP contribution is 2.13. The Labute approximate surface area is 135 Å². The van der Waals surface area contributed by atoms with Crippen LogP contribution in [0.15, 0.2) is 36.5 Å². The molecule has 2 N–H and O–H groups in total. The fourth-order valence-electron chi connectivity index (χ4n) is 2.24. The number of hydrogen-bond acceptors (Lipinski definition) is 3. The molecule has 0 bridgehead atoms. The zero-order valence-corrected chi connectivity index (χ0v) is 13.7. The van der Waals surface area contributed by atoms with Crippen LogP contribution in [-0.2, 0) is 4.79 Å². The van der Waals surface area contributed by atoms with Gasteiger partial charge >= 0.3 is 0 Å². The summed E-state index contributed by atoms with van der Waals surface area (Å²) in [4.78, 5) is 24.0. The quantitative estimate of drug-likeness (QED) is 0.860. The van der Waals surface area contributed by atoms with Gasteiger partial charge in [-0.15, -0.1) is 0 Å². The van der Waals surface area contributed by atoms with Crippen molar-refractivity contribution in [3.8, 4) is 0 Å². The van der Waals surface area contributed by atoms with Crippen molar-refractivity contribution in [2.45, 2.75) is 33.2 Å². The smallest absolute Gasteiger partial charge is 0.251 e. The number of anilines is 1. The summed E-state index contributed by atoms with van der Waals surface area (Å²) < 4.78 is 1.74. The molecule has 2 aromatic rings. The second-order valence-electron chi connectivity index (χ2n) is 5.62. The highest BCUT2D eigenvalue weighted by Gasteiger charge is 2.11. The van der Waals surface area contributed by atoms with Crippen molar-refractivity contribution in [1.82, 2.24) is 15.1 Å². The zero-order chi connectivity index (χ0) is 16.8. The average molecular weight is 314 g/mol. The minimum absolute atomic E-state index is 0.155. The van der Waals surface area contributed by atoms with E-state index in [1.165, 1.54) is 0 Å². The van der Waals surface area contributed by atoms with Crippen molar-refractivity contribution in [1.29, 1.82) is 0 Å². The minimum Gasteiger partial charge on any atom is -0.352 e. The van der Waals surface area contributed by atoms with E-state index >= 15 is 0 Å². The van der Waals surface area contributed by atoms with Gasteiger partial charge in [-0.1, -0.05) is 18.2 Å². The third-order valence-corrected chi connectivity index (χ3v) is 3.45. The Morgan fingerprint density at radius 2 is 1.96 bits per heavy atom. The Kier molecular flexibility index (Phi) is 5.51. The van der Waals surface area contributed by atoms with Gasteiger partial charge in [-0.2, -0.15) is 5.10 Å². The second-order valence-corrected chi connectivity index (χ2v) is 5.62. The first-order valence-electron chi connectivity index (χ1n) is 7.66. The number of aromatic nitrogens is 2. The molecule has 0 aliphatic rings. The maximum Gasteiger partial charge on any atom is 0.251 e. The maximum atomic E-state index is 12.1. The zero-order valence-electron chi connectivity index (χ0n) is 13.7. The lowest BCUT2D eigenvalue weighted by molar-refractivity contribution is -0.116. The van der Waals surface area contributed by atoms with Crippen molar-refractivity contribution in [2.24, 2.45) is 0 Å². The molecule has 2 rings (SSSR count). The lowest BCUT2D eigenvalue weighted by atomic mass is 10.1. The van der Waals surface area contributed by atoms with Gasteiger partial charge in [0.25, 0.3) is 5.91 Å². The van der Waals surface area contributed by atoms with Gasteiger partial charge in [-0.3, -0.25) is 9.59 Å². The van der Waals surface area contributed by atoms with Crippen LogP contribution in [0.25, 0.3) is 0 Å². The molecule has 0 aliphatic heterocycles. The van der Waals surface area contributed by atoms with Crippen LogP contribution in [0.3, 0.4) is 0 Å². The van der Waals surface area contributed by atoms with Gasteiger partial charge < -0.3 is 10.6 Å². The molecule has 1 heterocycles. The fourth-order valence-corrected chi connectivity index (χ4v) is 2.24. The molecule has 0 saturated carbocycles. The fraction of sp³-hybridized carbons (Fsp3) is 0.353. The average Bonchev–Trinajstić information content (AvgIpc) is 2.95. The van der Waals surface area contributed by atoms with Crippen LogP contribution in [0.5, 0.6) is 0 Å². The number of amides is 2. The van der Waals surface area contributed by atoms with E-state index in [0.29, 0.717) is 11.4 Å². The normalized spacial score (nSPS) is 10.6. The van der Waals surface area contributed by atoms with Crippen LogP contribution in [0, 0.1) is 6.92 Å². The number of carbonyl (C=O) groups excluding carboxylic acids is 2. The standard InChI is InChI=1S/C17H22N4O2/c1-12(2)21-15(8-11-19-21)20-16(22)9-10-18-17(23)14-7-5-4-6-13(14)3/h4-8,11-12H,9-10H2,1-3H3,(H,18,23)(H,20,22). The van der Waals surface area contributed by atoms with Crippen LogP contribution >= 0.6 is 0 Å². The topological polar surface area (TPSA) is 76.0 Å². The molecule has 0 fully saturated rings. The molecule has 1 aromatic carbocycles. The highest BCUT2D eigenvalue weighted by molar-refractivity contribution is 5.96. The first kappa shape index (κ1) is 16.7. The SMILES string of the molecule is Cc1ccccc1C(=O)NCCC(=O)Nc1ccnn1C(C)C. The summed E-state index contributed by atoms with van der Waals surface area (Å²) in [6, 6.07) is 9.28. The third kappa shape index (κ3) is 4.42. The molecule has 0 spiro atoms. The molecule has 1 aromatic heterocycles. The van der Waals surface area contributed by atoms with Crippen LogP contribution in [0.1, 0.15) is 42.2 Å². The van der Waals surface area contributed by atoms with E-state index in [4.69, 9.17) is 0 Å². The van der Waals surface area contributed by atoms with Crippen LogP contribution in [0.4, 0.5) is 5.82 Å². The number of carbonyl (C=O) groups is 2. The Hall–Kier alpha value is -2.63. The molecule has 6 nitrogen and oxygen atoms in total. The van der Waals surface area contributed by atoms with E-state index in [0.717, 1.165) is 5.56 Å². The van der Waals surface area contributed by atoms with Gasteiger partial charge in [-0.25, -0.2) is 4.68 Å². The molecule has 0 unspecified atom stereocenters. The molecule has 0 radical (unpaired) electrons. The minimum atomic E-state index is -0.164. The van der Waals surface area contributed by atoms with E-state index in [1.54, 1.807) is 23.0 Å². The summed E-state index contributed by atoms with van der Waals surface area (Å²) in [6.07, 6.45) is 1.86. The predicted octanol–water partition coefficient (Wildman–Crippen LogP) is 2.53. The summed E-state index contributed by atoms with van der Waals surface area (Å²) in [5.74, 6) is 0.343. The van der Waals surface area contributed by atoms with Gasteiger partial charge in [0.1, 0.15) is 5.82 Å². The molecule has 6 heteroatoms. The number of hydrogen-bond donors (Lipinski definition) is 2. The summed E-state index contributed by atoms with van der Waals surface area (Å²) in [5.41, 5.74) is 1.54. The van der Waals surface area contributed by atoms with Crippen molar-refractivity contribution in [3.05, 3.63) is 47.7 Å². The van der Waals surface area contributed by atoms with Gasteiger partial charge in [0.15, 0.2) is 0 Å². The van der Waals surface area contributed by atoms with E-state index in [9.17, 15) is 9.59 Å². The largest absolute Gasteiger partial charge is 0.352 e. The van der Waals surface area contributed by atoms with Crippen molar-refractivity contribution in [3.63, 3.8) is 0 Å². The molecular weight excluding hydrogens is 292 g/mol. The maximum absolute atomic E-state index is 12.1. The Balaban J connectivity index is 1.82. The summed E-state index contributed by atoms with van der Waals surface area (Å²) in [5, 5.41) is 9.73. The van der Waals surface area contributed by atoms with Gasteiger partial charge in [0.2, 0.25) is 5.91 Å². The molecule has 0 saturated heterocycles. The number of nitrogens with zero attached hydrogens (tertiary/aromatic N) is 2. The molecule has 0 aliphatic carbocycles. The van der Waals surface area contributed by atoms with Crippen molar-refractivity contribution < 1.29 is 9.59 Å². The van der Waals surface area contributed by atoms with Crippen molar-refractivity contribution in [2.75, 3.05) is 11.9 Å². The third-order valence-electron chi connectivity index (χ3n) is 3.45. The lowest BCUT2D eigenvalue weighted by Gasteiger charge is -2.12. The summed E-state index contributed by atoms with van der Waals surface area (Å²) >= 11 is 0. The molecule has 2 amide bonds. The summed E-state index contributed by atoms with van der Waals surface area (Å²) in [7, 11) is 0. The van der Waals surface area contributed by atoms with Gasteiger partial charge in [-0.05, 0) is 32.4 Å². The molecule has 23 heavy (non-hydrogen) atoms. The van der Waals surface area contributed by atoms with E-state index in [2.05, 4.69) is 15.7 Å². The Morgan fingerprint density at radius 1 is 1.22 bits per heavy atom. The van der Waals surface area contributed by atoms with Crippen LogP contribution in [-0.4, -0.2) is 28.1 Å². The summed E-state index contributed by atoms with van der Waals surface area (Å²) in [6.45, 7) is 6.15. The molecule has 122 valence electrons. The number of rotatable bonds is 6. The van der Waals surface area contributed by atoms with Gasteiger partial charge in [0.05, 0.1) is 6.20 Å². The molecule has 0 atom stereocenters. The van der Waals surface area contributed by atoms with Crippen LogP contribution in [0.2, 0.25) is 0 Å². The number of benzene rings is 1. The monoisotopic (exact) mass is 314 g/mol. The van der Waals surface area contributed by atoms with Gasteiger partial charge in [0, 0.05) is 30.6 Å². The first-order valence-corrected chi connectivity index (χ1v) is 7.66. The van der Waals surface area contributed by atoms with E-state index in [1.807, 2.05) is 39.0 Å².